The van der Waals surface area contributed by atoms with Gasteiger partial charge in [-0.1, -0.05) is 13.8 Å². The summed E-state index contributed by atoms with van der Waals surface area (Å²) in [5.74, 6) is 0.387. The largest absolute Gasteiger partial charge is 0.382 e. The van der Waals surface area contributed by atoms with Crippen molar-refractivity contribution in [1.82, 2.24) is 15.0 Å². The first-order valence-corrected chi connectivity index (χ1v) is 8.42. The van der Waals surface area contributed by atoms with Gasteiger partial charge in [0.05, 0.1) is 6.20 Å². The van der Waals surface area contributed by atoms with Crippen LogP contribution in [0.4, 0.5) is 23.1 Å². The number of rotatable bonds is 4. The molecule has 2 heterocycles. The summed E-state index contributed by atoms with van der Waals surface area (Å²) in [6.45, 7) is 3.95. The van der Waals surface area contributed by atoms with E-state index < -0.39 is 9.84 Å². The van der Waals surface area contributed by atoms with Gasteiger partial charge in [-0.2, -0.15) is 4.98 Å². The van der Waals surface area contributed by atoms with E-state index in [1.807, 2.05) is 13.8 Å². The SMILES string of the molecule is CC(C)c1cnc(S(C)(=O)=O)cc1Nc1cnc(N)nc1N. The maximum atomic E-state index is 11.7. The zero-order valence-corrected chi connectivity index (χ0v) is 13.3. The van der Waals surface area contributed by atoms with Gasteiger partial charge >= 0.3 is 0 Å². The smallest absolute Gasteiger partial charge is 0.222 e. The maximum absolute atomic E-state index is 11.7. The molecule has 0 atom stereocenters. The number of aromatic nitrogens is 3. The van der Waals surface area contributed by atoms with Gasteiger partial charge in [0.2, 0.25) is 5.95 Å². The molecule has 0 aliphatic carbocycles. The lowest BCUT2D eigenvalue weighted by Gasteiger charge is -2.16. The predicted octanol–water partition coefficient (Wildman–Crippen LogP) is 1.31. The zero-order valence-electron chi connectivity index (χ0n) is 12.5. The third-order valence-electron chi connectivity index (χ3n) is 3.02. The molecule has 2 rings (SSSR count). The van der Waals surface area contributed by atoms with E-state index in [0.29, 0.717) is 11.4 Å². The minimum Gasteiger partial charge on any atom is -0.382 e. The Bertz CT molecular complexity index is 804. The van der Waals surface area contributed by atoms with Crippen molar-refractivity contribution in [1.29, 1.82) is 0 Å². The summed E-state index contributed by atoms with van der Waals surface area (Å²) < 4.78 is 23.3. The van der Waals surface area contributed by atoms with Gasteiger partial charge in [-0.15, -0.1) is 0 Å². The second kappa shape index (κ2) is 5.76. The van der Waals surface area contributed by atoms with Crippen LogP contribution in [0.25, 0.3) is 0 Å². The Balaban J connectivity index is 2.51. The van der Waals surface area contributed by atoms with Crippen LogP contribution in [0.5, 0.6) is 0 Å². The molecule has 9 heteroatoms. The summed E-state index contributed by atoms with van der Waals surface area (Å²) in [6.07, 6.45) is 4.09. The van der Waals surface area contributed by atoms with Crippen LogP contribution in [0.15, 0.2) is 23.5 Å². The average molecular weight is 322 g/mol. The van der Waals surface area contributed by atoms with E-state index in [9.17, 15) is 8.42 Å². The van der Waals surface area contributed by atoms with Crippen LogP contribution in [-0.2, 0) is 9.84 Å². The molecule has 8 nitrogen and oxygen atoms in total. The molecule has 2 aromatic rings. The molecule has 2 aromatic heterocycles. The van der Waals surface area contributed by atoms with Crippen molar-refractivity contribution in [2.24, 2.45) is 0 Å². The standard InChI is InChI=1S/C13H18N6O2S/c1-7(2)8-5-16-11(22(3,20)21)4-9(8)18-10-6-17-13(15)19-12(10)14/h4-7H,1-3H3,(H,16,18)(H4,14,15,17,19). The Morgan fingerprint density at radius 1 is 1.14 bits per heavy atom. The molecule has 0 saturated carbocycles. The molecule has 0 saturated heterocycles. The summed E-state index contributed by atoms with van der Waals surface area (Å²) in [7, 11) is -3.41. The Morgan fingerprint density at radius 2 is 1.82 bits per heavy atom. The van der Waals surface area contributed by atoms with Crippen molar-refractivity contribution < 1.29 is 8.42 Å². The van der Waals surface area contributed by atoms with Gasteiger partial charge in [0, 0.05) is 18.1 Å². The van der Waals surface area contributed by atoms with Crippen LogP contribution in [0.2, 0.25) is 0 Å². The molecular weight excluding hydrogens is 304 g/mol. The van der Waals surface area contributed by atoms with Gasteiger partial charge in [0.1, 0.15) is 5.69 Å². The molecule has 0 amide bonds. The van der Waals surface area contributed by atoms with Crippen LogP contribution >= 0.6 is 0 Å². The highest BCUT2D eigenvalue weighted by Gasteiger charge is 2.15. The fourth-order valence-electron chi connectivity index (χ4n) is 1.87. The minimum atomic E-state index is -3.41. The first-order chi connectivity index (χ1) is 10.2. The van der Waals surface area contributed by atoms with Crippen LogP contribution in [0.3, 0.4) is 0 Å². The normalized spacial score (nSPS) is 11.6. The van der Waals surface area contributed by atoms with E-state index in [2.05, 4.69) is 20.3 Å². The number of nitrogens with zero attached hydrogens (tertiary/aromatic N) is 3. The molecule has 0 aliphatic heterocycles. The molecule has 0 aliphatic rings. The van der Waals surface area contributed by atoms with Crippen molar-refractivity contribution >= 4 is 33.0 Å². The second-order valence-electron chi connectivity index (χ2n) is 5.19. The van der Waals surface area contributed by atoms with Crippen molar-refractivity contribution in [2.75, 3.05) is 23.0 Å². The second-order valence-corrected chi connectivity index (χ2v) is 7.15. The number of hydrogen-bond acceptors (Lipinski definition) is 8. The fourth-order valence-corrected chi connectivity index (χ4v) is 2.44. The van der Waals surface area contributed by atoms with Crippen LogP contribution in [0.1, 0.15) is 25.3 Å². The van der Waals surface area contributed by atoms with Gasteiger partial charge in [-0.3, -0.25) is 0 Å². The van der Waals surface area contributed by atoms with Crippen molar-refractivity contribution in [3.8, 4) is 0 Å². The van der Waals surface area contributed by atoms with Gasteiger partial charge in [0.15, 0.2) is 20.7 Å². The zero-order chi connectivity index (χ0) is 16.5. The number of sulfone groups is 1. The molecule has 0 radical (unpaired) electrons. The molecule has 118 valence electrons. The van der Waals surface area contributed by atoms with Crippen LogP contribution in [-0.4, -0.2) is 29.6 Å². The highest BCUT2D eigenvalue weighted by molar-refractivity contribution is 7.90. The van der Waals surface area contributed by atoms with Crippen molar-refractivity contribution in [2.45, 2.75) is 24.8 Å². The van der Waals surface area contributed by atoms with E-state index in [0.717, 1.165) is 11.8 Å². The maximum Gasteiger partial charge on any atom is 0.222 e. The molecular formula is C13H18N6O2S. The fraction of sp³-hybridized carbons (Fsp3) is 0.308. The summed E-state index contributed by atoms with van der Waals surface area (Å²) in [6, 6.07) is 1.47. The lowest BCUT2D eigenvalue weighted by Crippen LogP contribution is -2.08. The van der Waals surface area contributed by atoms with E-state index >= 15 is 0 Å². The molecule has 0 bridgehead atoms. The number of hydrogen-bond donors (Lipinski definition) is 3. The van der Waals surface area contributed by atoms with Gasteiger partial charge in [-0.25, -0.2) is 18.4 Å². The topological polar surface area (TPSA) is 137 Å². The highest BCUT2D eigenvalue weighted by Crippen LogP contribution is 2.29. The Morgan fingerprint density at radius 3 is 2.36 bits per heavy atom. The summed E-state index contributed by atoms with van der Waals surface area (Å²) in [5.41, 5.74) is 13.1. The molecule has 0 fully saturated rings. The van der Waals surface area contributed by atoms with E-state index in [-0.39, 0.29) is 22.7 Å². The first-order valence-electron chi connectivity index (χ1n) is 6.53. The monoisotopic (exact) mass is 322 g/mol. The third kappa shape index (κ3) is 3.42. The van der Waals surface area contributed by atoms with Crippen molar-refractivity contribution in [3.63, 3.8) is 0 Å². The number of nitrogens with one attached hydrogen (secondary N) is 1. The minimum absolute atomic E-state index is 0.0191. The van der Waals surface area contributed by atoms with E-state index in [1.54, 1.807) is 0 Å². The van der Waals surface area contributed by atoms with E-state index in [4.69, 9.17) is 11.5 Å². The third-order valence-corrected chi connectivity index (χ3v) is 4.00. The summed E-state index contributed by atoms with van der Waals surface area (Å²) in [5, 5.41) is 3.03. The lowest BCUT2D eigenvalue weighted by atomic mass is 10.0. The number of nitrogen functional groups attached to an aromatic ring is 2. The average Bonchev–Trinajstić information content (AvgIpc) is 2.40. The van der Waals surface area contributed by atoms with Gasteiger partial charge in [0.25, 0.3) is 0 Å². The van der Waals surface area contributed by atoms with Crippen LogP contribution < -0.4 is 16.8 Å². The van der Waals surface area contributed by atoms with Crippen molar-refractivity contribution in [3.05, 3.63) is 24.0 Å². The molecule has 0 unspecified atom stereocenters. The molecule has 22 heavy (non-hydrogen) atoms. The Kier molecular flexibility index (Phi) is 4.18. The lowest BCUT2D eigenvalue weighted by molar-refractivity contribution is 0.598. The predicted molar refractivity (Wildman–Crippen MR) is 85.6 cm³/mol. The summed E-state index contributed by atoms with van der Waals surface area (Å²) in [4.78, 5) is 11.7. The van der Waals surface area contributed by atoms with Gasteiger partial charge in [-0.05, 0) is 17.5 Å². The Labute approximate surface area is 128 Å². The first kappa shape index (κ1) is 16.0. The number of nitrogens with two attached hydrogens (primary N) is 2. The number of pyridine rings is 1. The molecule has 0 aromatic carbocycles. The Hall–Kier alpha value is -2.42. The van der Waals surface area contributed by atoms with Crippen LogP contribution in [0, 0.1) is 0 Å². The number of anilines is 4. The quantitative estimate of drug-likeness (QED) is 0.766. The van der Waals surface area contributed by atoms with Gasteiger partial charge < -0.3 is 16.8 Å². The summed E-state index contributed by atoms with van der Waals surface area (Å²) >= 11 is 0. The molecule has 5 N–H and O–H groups in total. The highest BCUT2D eigenvalue weighted by atomic mass is 32.2. The molecule has 0 spiro atoms. The van der Waals surface area contributed by atoms with E-state index in [1.165, 1.54) is 18.5 Å².